The standard InChI is InChI=1S/C15H21N.C4H6O6/c1-2-7-13(8-3-1)15-14-9-5-4-6-12(14)10-11-16-15;5-1(3(7)8)2(6)4(9)10/h4-6,9,13,15-16H,1-3,7-8,10-11H2;1-2,5-6H,(H,7,8)(H,9,10)/t15-;1-,2-/m11/s1. The zero-order valence-electron chi connectivity index (χ0n) is 14.7. The van der Waals surface area contributed by atoms with Crippen molar-refractivity contribution in [1.82, 2.24) is 5.32 Å². The Labute approximate surface area is 152 Å². The number of benzene rings is 1. The molecule has 0 amide bonds. The highest BCUT2D eigenvalue weighted by Gasteiger charge is 2.29. The molecule has 5 N–H and O–H groups in total. The van der Waals surface area contributed by atoms with Crippen molar-refractivity contribution in [1.29, 1.82) is 0 Å². The van der Waals surface area contributed by atoms with E-state index in [0.29, 0.717) is 6.04 Å². The lowest BCUT2D eigenvalue weighted by molar-refractivity contribution is -0.165. The summed E-state index contributed by atoms with van der Waals surface area (Å²) >= 11 is 0. The Hall–Kier alpha value is -1.96. The molecule has 0 radical (unpaired) electrons. The quantitative estimate of drug-likeness (QED) is 0.545. The predicted octanol–water partition coefficient (Wildman–Crippen LogP) is 1.33. The minimum Gasteiger partial charge on any atom is -0.479 e. The van der Waals surface area contributed by atoms with Gasteiger partial charge in [0.2, 0.25) is 0 Å². The van der Waals surface area contributed by atoms with Gasteiger partial charge in [-0.25, -0.2) is 9.59 Å². The van der Waals surface area contributed by atoms with E-state index in [1.165, 1.54) is 38.5 Å². The third-order valence-corrected chi connectivity index (χ3v) is 5.08. The van der Waals surface area contributed by atoms with E-state index in [0.717, 1.165) is 12.5 Å². The van der Waals surface area contributed by atoms with Crippen molar-refractivity contribution in [3.05, 3.63) is 35.4 Å². The molecule has 26 heavy (non-hydrogen) atoms. The van der Waals surface area contributed by atoms with E-state index in [4.69, 9.17) is 20.4 Å². The second kappa shape index (κ2) is 9.66. The molecule has 3 atom stereocenters. The van der Waals surface area contributed by atoms with E-state index < -0.39 is 24.1 Å². The molecule has 1 fully saturated rings. The lowest BCUT2D eigenvalue weighted by Gasteiger charge is -2.35. The van der Waals surface area contributed by atoms with Gasteiger partial charge in [-0.05, 0) is 42.9 Å². The SMILES string of the molecule is O=C(O)[C@H](O)[C@@H](O)C(=O)O.c1ccc2c(c1)CCN[C@@H]2C1CCCCC1. The number of aliphatic hydroxyl groups is 2. The molecule has 2 aliphatic rings. The highest BCUT2D eigenvalue weighted by Crippen LogP contribution is 2.37. The summed E-state index contributed by atoms with van der Waals surface area (Å²) < 4.78 is 0. The van der Waals surface area contributed by atoms with Crippen molar-refractivity contribution in [2.24, 2.45) is 5.92 Å². The second-order valence-electron chi connectivity index (χ2n) is 6.84. The van der Waals surface area contributed by atoms with Gasteiger partial charge < -0.3 is 25.7 Å². The molecule has 7 heteroatoms. The third-order valence-electron chi connectivity index (χ3n) is 5.08. The average molecular weight is 365 g/mol. The Morgan fingerprint density at radius 2 is 1.54 bits per heavy atom. The van der Waals surface area contributed by atoms with E-state index in [1.807, 2.05) is 0 Å². The molecule has 0 aromatic heterocycles. The monoisotopic (exact) mass is 365 g/mol. The van der Waals surface area contributed by atoms with Crippen LogP contribution in [0, 0.1) is 5.92 Å². The normalized spacial score (nSPS) is 22.3. The zero-order valence-corrected chi connectivity index (χ0v) is 14.7. The molecule has 144 valence electrons. The smallest absolute Gasteiger partial charge is 0.335 e. The summed E-state index contributed by atoms with van der Waals surface area (Å²) in [5.41, 5.74) is 3.16. The van der Waals surface area contributed by atoms with Gasteiger partial charge >= 0.3 is 11.9 Å². The van der Waals surface area contributed by atoms with E-state index in [2.05, 4.69) is 29.6 Å². The highest BCUT2D eigenvalue weighted by molar-refractivity contribution is 5.83. The van der Waals surface area contributed by atoms with Crippen LogP contribution in [0.3, 0.4) is 0 Å². The number of fused-ring (bicyclic) bond motifs is 1. The van der Waals surface area contributed by atoms with Gasteiger partial charge in [0.1, 0.15) is 0 Å². The summed E-state index contributed by atoms with van der Waals surface area (Å²) in [6.07, 6.45) is 3.84. The molecular weight excluding hydrogens is 338 g/mol. The molecule has 0 saturated heterocycles. The Morgan fingerprint density at radius 3 is 2.12 bits per heavy atom. The number of hydrogen-bond acceptors (Lipinski definition) is 5. The molecule has 1 aromatic carbocycles. The van der Waals surface area contributed by atoms with Crippen molar-refractivity contribution < 1.29 is 30.0 Å². The van der Waals surface area contributed by atoms with Crippen molar-refractivity contribution in [2.45, 2.75) is 56.8 Å². The van der Waals surface area contributed by atoms with Crippen LogP contribution in [0.5, 0.6) is 0 Å². The predicted molar refractivity (Wildman–Crippen MR) is 94.7 cm³/mol. The van der Waals surface area contributed by atoms with Gasteiger partial charge in [0.05, 0.1) is 0 Å². The van der Waals surface area contributed by atoms with E-state index >= 15 is 0 Å². The van der Waals surface area contributed by atoms with Crippen molar-refractivity contribution in [3.8, 4) is 0 Å². The van der Waals surface area contributed by atoms with Gasteiger partial charge in [0.25, 0.3) is 0 Å². The van der Waals surface area contributed by atoms with Crippen LogP contribution in [-0.2, 0) is 16.0 Å². The number of aliphatic carboxylic acids is 2. The molecule has 0 unspecified atom stereocenters. The molecule has 3 rings (SSSR count). The van der Waals surface area contributed by atoms with E-state index in [-0.39, 0.29) is 0 Å². The summed E-state index contributed by atoms with van der Waals surface area (Å²) in [7, 11) is 0. The maximum Gasteiger partial charge on any atom is 0.335 e. The van der Waals surface area contributed by atoms with Crippen molar-refractivity contribution in [2.75, 3.05) is 6.54 Å². The third kappa shape index (κ3) is 5.27. The summed E-state index contributed by atoms with van der Waals surface area (Å²) in [4.78, 5) is 19.5. The maximum atomic E-state index is 9.77. The van der Waals surface area contributed by atoms with E-state index in [1.54, 1.807) is 11.1 Å². The first kappa shape index (κ1) is 20.4. The topological polar surface area (TPSA) is 127 Å². The average Bonchev–Trinajstić information content (AvgIpc) is 2.67. The summed E-state index contributed by atoms with van der Waals surface area (Å²) in [6, 6.07) is 9.67. The molecule has 7 nitrogen and oxygen atoms in total. The molecule has 1 aliphatic heterocycles. The first-order valence-corrected chi connectivity index (χ1v) is 9.04. The number of carboxylic acid groups (broad SMARTS) is 2. The fourth-order valence-electron chi connectivity index (χ4n) is 3.70. The van der Waals surface area contributed by atoms with Gasteiger partial charge in [-0.1, -0.05) is 43.5 Å². The van der Waals surface area contributed by atoms with Crippen LogP contribution in [-0.4, -0.2) is 51.1 Å². The van der Waals surface area contributed by atoms with Gasteiger partial charge in [-0.3, -0.25) is 0 Å². The van der Waals surface area contributed by atoms with Crippen LogP contribution >= 0.6 is 0 Å². The van der Waals surface area contributed by atoms with Crippen LogP contribution in [0.1, 0.15) is 49.3 Å². The molecule has 0 spiro atoms. The molecule has 1 heterocycles. The zero-order chi connectivity index (χ0) is 19.1. The van der Waals surface area contributed by atoms with Gasteiger partial charge in [0, 0.05) is 6.04 Å². The minimum absolute atomic E-state index is 0.644. The highest BCUT2D eigenvalue weighted by atomic mass is 16.4. The summed E-state index contributed by atoms with van der Waals surface area (Å²) in [6.45, 7) is 1.16. The summed E-state index contributed by atoms with van der Waals surface area (Å²) in [5.74, 6) is -2.65. The Balaban J connectivity index is 0.000000213. The molecule has 1 aliphatic carbocycles. The fourth-order valence-corrected chi connectivity index (χ4v) is 3.70. The number of carbonyl (C=O) groups is 2. The Bertz CT molecular complexity index is 596. The lowest BCUT2D eigenvalue weighted by Crippen LogP contribution is -2.39. The van der Waals surface area contributed by atoms with Gasteiger partial charge in [0.15, 0.2) is 12.2 Å². The van der Waals surface area contributed by atoms with Crippen LogP contribution in [0.4, 0.5) is 0 Å². The van der Waals surface area contributed by atoms with Crippen LogP contribution < -0.4 is 5.32 Å². The van der Waals surface area contributed by atoms with Crippen LogP contribution in [0.2, 0.25) is 0 Å². The molecule has 1 saturated carbocycles. The number of carboxylic acids is 2. The van der Waals surface area contributed by atoms with Gasteiger partial charge in [-0.2, -0.15) is 0 Å². The largest absolute Gasteiger partial charge is 0.479 e. The van der Waals surface area contributed by atoms with Crippen molar-refractivity contribution in [3.63, 3.8) is 0 Å². The van der Waals surface area contributed by atoms with E-state index in [9.17, 15) is 9.59 Å². The molecule has 0 bridgehead atoms. The first-order chi connectivity index (χ1) is 12.4. The second-order valence-corrected chi connectivity index (χ2v) is 6.84. The van der Waals surface area contributed by atoms with Crippen LogP contribution in [0.25, 0.3) is 0 Å². The van der Waals surface area contributed by atoms with Crippen LogP contribution in [0.15, 0.2) is 24.3 Å². The lowest BCUT2D eigenvalue weighted by atomic mass is 9.78. The van der Waals surface area contributed by atoms with Crippen molar-refractivity contribution >= 4 is 11.9 Å². The number of hydrogen-bond donors (Lipinski definition) is 5. The molecule has 1 aromatic rings. The number of rotatable bonds is 4. The Morgan fingerprint density at radius 1 is 0.962 bits per heavy atom. The van der Waals surface area contributed by atoms with Gasteiger partial charge in [-0.15, -0.1) is 0 Å². The fraction of sp³-hybridized carbons (Fsp3) is 0.579. The number of aliphatic hydroxyl groups excluding tert-OH is 2. The first-order valence-electron chi connectivity index (χ1n) is 9.04. The minimum atomic E-state index is -2.27. The molecular formula is C19H27NO6. The summed E-state index contributed by atoms with van der Waals surface area (Å²) in [5, 5.41) is 36.3. The maximum absolute atomic E-state index is 9.77. The number of nitrogens with one attached hydrogen (secondary N) is 1. The Kier molecular flexibility index (Phi) is 7.56.